The quantitative estimate of drug-likeness (QED) is 0.646. The maximum absolute atomic E-state index is 5.45. The minimum atomic E-state index is 0.276. The number of fused-ring (bicyclic) bond motifs is 3. The second-order valence-electron chi connectivity index (χ2n) is 4.59. The zero-order valence-electron chi connectivity index (χ0n) is 10.2. The van der Waals surface area contributed by atoms with Crippen molar-refractivity contribution in [3.63, 3.8) is 0 Å². The van der Waals surface area contributed by atoms with Crippen LogP contribution in [0.2, 0.25) is 0 Å². The Morgan fingerprint density at radius 2 is 2.37 bits per heavy atom. The van der Waals surface area contributed by atoms with E-state index in [-0.39, 0.29) is 6.04 Å². The molecule has 4 rings (SSSR count). The van der Waals surface area contributed by atoms with Gasteiger partial charge in [0.1, 0.15) is 17.7 Å². The molecule has 98 valence electrons. The van der Waals surface area contributed by atoms with Crippen molar-refractivity contribution in [1.82, 2.24) is 34.9 Å². The number of hydrogen-bond acceptors (Lipinski definition) is 6. The smallest absolute Gasteiger partial charge is 0.189 e. The predicted octanol–water partition coefficient (Wildman–Crippen LogP) is -0.468. The lowest BCUT2D eigenvalue weighted by Gasteiger charge is -2.22. The van der Waals surface area contributed by atoms with Gasteiger partial charge in [-0.2, -0.15) is 0 Å². The van der Waals surface area contributed by atoms with E-state index in [9.17, 15) is 0 Å². The summed E-state index contributed by atoms with van der Waals surface area (Å²) in [6.45, 7) is 2.35. The lowest BCUT2D eigenvalue weighted by atomic mass is 10.2. The summed E-state index contributed by atoms with van der Waals surface area (Å²) in [4.78, 5) is 11.4. The third-order valence-corrected chi connectivity index (χ3v) is 3.33. The molecule has 0 aromatic carbocycles. The van der Waals surface area contributed by atoms with Gasteiger partial charge in [0, 0.05) is 19.0 Å². The van der Waals surface area contributed by atoms with E-state index in [1.165, 1.54) is 0 Å². The maximum Gasteiger partial charge on any atom is 0.189 e. The first-order valence-corrected chi connectivity index (χ1v) is 6.24. The van der Waals surface area contributed by atoms with Gasteiger partial charge >= 0.3 is 0 Å². The van der Waals surface area contributed by atoms with Crippen LogP contribution in [0.1, 0.15) is 5.82 Å². The molecule has 0 saturated carbocycles. The summed E-state index contributed by atoms with van der Waals surface area (Å²) in [7, 11) is 0. The Bertz CT molecular complexity index is 712. The van der Waals surface area contributed by atoms with Gasteiger partial charge < -0.3 is 15.0 Å². The van der Waals surface area contributed by atoms with Crippen molar-refractivity contribution in [3.05, 3.63) is 18.5 Å². The van der Waals surface area contributed by atoms with Crippen LogP contribution in [0.25, 0.3) is 16.8 Å². The molecule has 1 unspecified atom stereocenters. The van der Waals surface area contributed by atoms with Crippen LogP contribution in [-0.4, -0.2) is 55.4 Å². The number of ether oxygens (including phenoxy) is 1. The number of morpholine rings is 1. The monoisotopic (exact) mass is 259 g/mol. The Hall–Kier alpha value is -2.06. The Labute approximate surface area is 108 Å². The first-order valence-electron chi connectivity index (χ1n) is 6.24. The fourth-order valence-corrected chi connectivity index (χ4v) is 2.39. The van der Waals surface area contributed by atoms with Gasteiger partial charge in [-0.25, -0.2) is 9.97 Å². The van der Waals surface area contributed by atoms with Crippen LogP contribution >= 0.6 is 0 Å². The van der Waals surface area contributed by atoms with Crippen LogP contribution < -0.4 is 5.32 Å². The van der Waals surface area contributed by atoms with Crippen molar-refractivity contribution in [2.45, 2.75) is 12.5 Å². The van der Waals surface area contributed by atoms with Crippen molar-refractivity contribution >= 4 is 16.8 Å². The van der Waals surface area contributed by atoms with E-state index in [1.807, 2.05) is 4.40 Å². The van der Waals surface area contributed by atoms with Crippen molar-refractivity contribution in [2.75, 3.05) is 19.8 Å². The van der Waals surface area contributed by atoms with Crippen molar-refractivity contribution in [3.8, 4) is 0 Å². The summed E-state index contributed by atoms with van der Waals surface area (Å²) in [5.74, 6) is 0.877. The lowest BCUT2D eigenvalue weighted by Crippen LogP contribution is -2.42. The number of nitrogens with zero attached hydrogens (tertiary/aromatic N) is 5. The van der Waals surface area contributed by atoms with Gasteiger partial charge in [-0.1, -0.05) is 0 Å². The van der Waals surface area contributed by atoms with Gasteiger partial charge in [-0.15, -0.1) is 10.2 Å². The molecule has 1 atom stereocenters. The number of imidazole rings is 1. The van der Waals surface area contributed by atoms with E-state index < -0.39 is 0 Å². The maximum atomic E-state index is 5.45. The van der Waals surface area contributed by atoms with Crippen LogP contribution in [-0.2, 0) is 11.2 Å². The first-order chi connectivity index (χ1) is 9.42. The Balaban J connectivity index is 1.73. The molecule has 0 aliphatic carbocycles. The van der Waals surface area contributed by atoms with Crippen LogP contribution in [0.5, 0.6) is 0 Å². The van der Waals surface area contributed by atoms with Crippen molar-refractivity contribution in [1.29, 1.82) is 0 Å². The van der Waals surface area contributed by atoms with Crippen LogP contribution in [0.15, 0.2) is 12.7 Å². The Morgan fingerprint density at radius 1 is 1.37 bits per heavy atom. The summed E-state index contributed by atoms with van der Waals surface area (Å²) in [6, 6.07) is 0.276. The van der Waals surface area contributed by atoms with Crippen LogP contribution in [0.3, 0.4) is 0 Å². The SMILES string of the molecule is c1nc2ncn3c(CC4COCCN4)nnc3c2[nH]1. The molecular formula is C11H13N7O. The number of hydrogen-bond donors (Lipinski definition) is 2. The van der Waals surface area contributed by atoms with Gasteiger partial charge in [0.25, 0.3) is 0 Å². The van der Waals surface area contributed by atoms with E-state index in [2.05, 4.69) is 30.5 Å². The summed E-state index contributed by atoms with van der Waals surface area (Å²) >= 11 is 0. The molecule has 0 amide bonds. The largest absolute Gasteiger partial charge is 0.379 e. The Morgan fingerprint density at radius 3 is 3.26 bits per heavy atom. The third kappa shape index (κ3) is 1.76. The zero-order chi connectivity index (χ0) is 12.7. The summed E-state index contributed by atoms with van der Waals surface area (Å²) < 4.78 is 7.35. The van der Waals surface area contributed by atoms with Gasteiger partial charge in [-0.3, -0.25) is 4.40 Å². The van der Waals surface area contributed by atoms with E-state index >= 15 is 0 Å². The molecule has 1 aliphatic heterocycles. The topological polar surface area (TPSA) is 93.0 Å². The van der Waals surface area contributed by atoms with Gasteiger partial charge in [0.05, 0.1) is 19.5 Å². The lowest BCUT2D eigenvalue weighted by molar-refractivity contribution is 0.0763. The van der Waals surface area contributed by atoms with E-state index in [0.29, 0.717) is 12.3 Å². The third-order valence-electron chi connectivity index (χ3n) is 3.33. The van der Waals surface area contributed by atoms with Gasteiger partial charge in [-0.05, 0) is 0 Å². The molecule has 3 aromatic heterocycles. The molecule has 19 heavy (non-hydrogen) atoms. The molecule has 8 heteroatoms. The predicted molar refractivity (Wildman–Crippen MR) is 66.7 cm³/mol. The minimum absolute atomic E-state index is 0.276. The number of H-pyrrole nitrogens is 1. The Kier molecular flexibility index (Phi) is 2.42. The highest BCUT2D eigenvalue weighted by molar-refractivity contribution is 5.84. The minimum Gasteiger partial charge on any atom is -0.379 e. The highest BCUT2D eigenvalue weighted by Crippen LogP contribution is 2.14. The zero-order valence-corrected chi connectivity index (χ0v) is 10.2. The fourth-order valence-electron chi connectivity index (χ4n) is 2.39. The fraction of sp³-hybridized carbons (Fsp3) is 0.455. The molecule has 1 aliphatic rings. The molecule has 0 spiro atoms. The second kappa shape index (κ2) is 4.25. The van der Waals surface area contributed by atoms with E-state index in [4.69, 9.17) is 4.74 Å². The highest BCUT2D eigenvalue weighted by atomic mass is 16.5. The van der Waals surface area contributed by atoms with Crippen molar-refractivity contribution in [2.24, 2.45) is 0 Å². The molecule has 8 nitrogen and oxygen atoms in total. The number of rotatable bonds is 2. The molecule has 0 radical (unpaired) electrons. The molecule has 1 saturated heterocycles. The average Bonchev–Trinajstić information content (AvgIpc) is 3.06. The second-order valence-corrected chi connectivity index (χ2v) is 4.59. The number of aromatic nitrogens is 6. The summed E-state index contributed by atoms with van der Waals surface area (Å²) in [5.41, 5.74) is 2.23. The molecule has 1 fully saturated rings. The summed E-state index contributed by atoms with van der Waals surface area (Å²) in [5, 5.41) is 11.9. The highest BCUT2D eigenvalue weighted by Gasteiger charge is 2.18. The normalized spacial score (nSPS) is 20.3. The van der Waals surface area contributed by atoms with Crippen LogP contribution in [0.4, 0.5) is 0 Å². The standard InChI is InChI=1S/C11H13N7O/c1-2-19-4-7(12-1)3-8-16-17-11-9-10(14-5-13-9)15-6-18(8)11/h5-7,12H,1-4H2,(H,13,14). The first kappa shape index (κ1) is 10.8. The summed E-state index contributed by atoms with van der Waals surface area (Å²) in [6.07, 6.45) is 4.10. The van der Waals surface area contributed by atoms with Gasteiger partial charge in [0.15, 0.2) is 11.3 Å². The van der Waals surface area contributed by atoms with Crippen molar-refractivity contribution < 1.29 is 4.74 Å². The average molecular weight is 259 g/mol. The van der Waals surface area contributed by atoms with Gasteiger partial charge in [0.2, 0.25) is 0 Å². The number of aromatic amines is 1. The molecular weight excluding hydrogens is 246 g/mol. The molecule has 0 bridgehead atoms. The molecule has 2 N–H and O–H groups in total. The van der Waals surface area contributed by atoms with E-state index in [0.717, 1.165) is 36.6 Å². The number of nitrogens with one attached hydrogen (secondary N) is 2. The molecule has 3 aromatic rings. The van der Waals surface area contributed by atoms with E-state index in [1.54, 1.807) is 12.7 Å². The van der Waals surface area contributed by atoms with Crippen LogP contribution in [0, 0.1) is 0 Å². The molecule has 4 heterocycles.